The largest absolute Gasteiger partial charge is 0.390 e. The summed E-state index contributed by atoms with van der Waals surface area (Å²) in [5.41, 5.74) is 0. The predicted molar refractivity (Wildman–Crippen MR) is 77.1 cm³/mol. The molecule has 1 unspecified atom stereocenters. The van der Waals surface area contributed by atoms with Gasteiger partial charge < -0.3 is 14.9 Å². The molecule has 1 saturated heterocycles. The van der Waals surface area contributed by atoms with Crippen LogP contribution in [0.15, 0.2) is 0 Å². The van der Waals surface area contributed by atoms with Crippen LogP contribution in [-0.4, -0.2) is 85.2 Å². The first-order chi connectivity index (χ1) is 9.02. The van der Waals surface area contributed by atoms with Crippen molar-refractivity contribution < 1.29 is 9.90 Å². The lowest BCUT2D eigenvalue weighted by Gasteiger charge is -2.34. The number of aliphatic hydroxyl groups excluding tert-OH is 1. The number of hydrogen-bond donors (Lipinski definition) is 1. The first-order valence-electron chi connectivity index (χ1n) is 7.35. The number of likely N-dealkylation sites (N-methyl/N-ethyl adjacent to an activating group) is 2. The van der Waals surface area contributed by atoms with Gasteiger partial charge >= 0.3 is 0 Å². The lowest BCUT2D eigenvalue weighted by Crippen LogP contribution is -2.48. The lowest BCUT2D eigenvalue weighted by molar-refractivity contribution is -0.131. The maximum atomic E-state index is 11.8. The number of amides is 1. The smallest absolute Gasteiger partial charge is 0.222 e. The number of β-amino-alcohol motifs (C(OH)–C–C–N with tert-alkyl or cyclic N) is 1. The van der Waals surface area contributed by atoms with Gasteiger partial charge in [-0.15, -0.1) is 0 Å². The Morgan fingerprint density at radius 2 is 1.95 bits per heavy atom. The van der Waals surface area contributed by atoms with Crippen LogP contribution in [0.1, 0.15) is 26.2 Å². The zero-order valence-corrected chi connectivity index (χ0v) is 12.6. The Balaban J connectivity index is 2.22. The summed E-state index contributed by atoms with van der Waals surface area (Å²) in [7, 11) is 3.90. The van der Waals surface area contributed by atoms with Gasteiger partial charge in [-0.2, -0.15) is 0 Å². The van der Waals surface area contributed by atoms with Gasteiger partial charge in [0.1, 0.15) is 0 Å². The van der Waals surface area contributed by atoms with E-state index in [1.54, 1.807) is 11.9 Å². The van der Waals surface area contributed by atoms with Crippen molar-refractivity contribution in [3.05, 3.63) is 0 Å². The lowest BCUT2D eigenvalue weighted by atomic mass is 10.2. The zero-order chi connectivity index (χ0) is 14.3. The second-order valence-corrected chi connectivity index (χ2v) is 5.64. The van der Waals surface area contributed by atoms with Gasteiger partial charge in [0.2, 0.25) is 5.91 Å². The fourth-order valence-electron chi connectivity index (χ4n) is 2.32. The van der Waals surface area contributed by atoms with Gasteiger partial charge in [0.05, 0.1) is 6.10 Å². The van der Waals surface area contributed by atoms with Gasteiger partial charge in [-0.05, 0) is 13.5 Å². The standard InChI is InChI=1S/C14H29N3O2/c1-4-5-6-14(19)16(3)11-13(18)12-17-9-7-15(2)8-10-17/h13,18H,4-12H2,1-3H3. The number of nitrogens with zero attached hydrogens (tertiary/aromatic N) is 3. The van der Waals surface area contributed by atoms with Crippen molar-refractivity contribution in [3.63, 3.8) is 0 Å². The van der Waals surface area contributed by atoms with E-state index in [0.717, 1.165) is 39.0 Å². The first kappa shape index (κ1) is 16.4. The summed E-state index contributed by atoms with van der Waals surface area (Å²) in [4.78, 5) is 18.0. The van der Waals surface area contributed by atoms with Crippen molar-refractivity contribution >= 4 is 5.91 Å². The van der Waals surface area contributed by atoms with Gasteiger partial charge in [0.15, 0.2) is 0 Å². The molecule has 19 heavy (non-hydrogen) atoms. The molecule has 0 saturated carbocycles. The van der Waals surface area contributed by atoms with Crippen LogP contribution in [0.3, 0.4) is 0 Å². The molecule has 1 amide bonds. The molecular formula is C14H29N3O2. The molecule has 1 aliphatic heterocycles. The second-order valence-electron chi connectivity index (χ2n) is 5.64. The van der Waals surface area contributed by atoms with Gasteiger partial charge in [-0.25, -0.2) is 0 Å². The minimum atomic E-state index is -0.445. The van der Waals surface area contributed by atoms with Crippen LogP contribution in [-0.2, 0) is 4.79 Å². The van der Waals surface area contributed by atoms with Crippen LogP contribution in [0.5, 0.6) is 0 Å². The van der Waals surface area contributed by atoms with Crippen LogP contribution < -0.4 is 0 Å². The van der Waals surface area contributed by atoms with E-state index in [9.17, 15) is 9.90 Å². The van der Waals surface area contributed by atoms with E-state index in [0.29, 0.717) is 19.5 Å². The molecular weight excluding hydrogens is 242 g/mol. The monoisotopic (exact) mass is 271 g/mol. The van der Waals surface area contributed by atoms with Crippen molar-refractivity contribution in [1.82, 2.24) is 14.7 Å². The molecule has 112 valence electrons. The summed E-state index contributed by atoms with van der Waals surface area (Å²) in [5.74, 6) is 0.138. The van der Waals surface area contributed by atoms with E-state index in [1.165, 1.54) is 0 Å². The molecule has 0 aliphatic carbocycles. The molecule has 1 fully saturated rings. The minimum Gasteiger partial charge on any atom is -0.390 e. The van der Waals surface area contributed by atoms with Crippen molar-refractivity contribution in [1.29, 1.82) is 0 Å². The van der Waals surface area contributed by atoms with Crippen LogP contribution in [0.2, 0.25) is 0 Å². The molecule has 1 rings (SSSR count). The van der Waals surface area contributed by atoms with Gasteiger partial charge in [0, 0.05) is 52.7 Å². The number of piperazine rings is 1. The number of carbonyl (C=O) groups excluding carboxylic acids is 1. The molecule has 0 aromatic rings. The van der Waals surface area contributed by atoms with E-state index in [4.69, 9.17) is 0 Å². The maximum Gasteiger partial charge on any atom is 0.222 e. The number of unbranched alkanes of at least 4 members (excludes halogenated alkanes) is 1. The van der Waals surface area contributed by atoms with Crippen molar-refractivity contribution in [2.75, 3.05) is 53.4 Å². The minimum absolute atomic E-state index is 0.138. The predicted octanol–water partition coefficient (Wildman–Crippen LogP) is 0.243. The highest BCUT2D eigenvalue weighted by atomic mass is 16.3. The number of rotatable bonds is 7. The Hall–Kier alpha value is -0.650. The topological polar surface area (TPSA) is 47.0 Å². The molecule has 1 aliphatic rings. The molecule has 1 N–H and O–H groups in total. The second kappa shape index (κ2) is 8.51. The summed E-state index contributed by atoms with van der Waals surface area (Å²) in [5, 5.41) is 10.1. The molecule has 0 aromatic carbocycles. The van der Waals surface area contributed by atoms with Crippen LogP contribution in [0.4, 0.5) is 0 Å². The molecule has 0 radical (unpaired) electrons. The zero-order valence-electron chi connectivity index (χ0n) is 12.6. The molecule has 0 aromatic heterocycles. The summed E-state index contributed by atoms with van der Waals surface area (Å²) >= 11 is 0. The third kappa shape index (κ3) is 6.36. The summed E-state index contributed by atoms with van der Waals surface area (Å²) in [6.45, 7) is 7.29. The Morgan fingerprint density at radius 3 is 2.53 bits per heavy atom. The van der Waals surface area contributed by atoms with Crippen LogP contribution in [0.25, 0.3) is 0 Å². The molecule has 1 atom stereocenters. The number of carbonyl (C=O) groups is 1. The molecule has 0 bridgehead atoms. The average Bonchev–Trinajstić information content (AvgIpc) is 2.38. The highest BCUT2D eigenvalue weighted by Gasteiger charge is 2.19. The fourth-order valence-corrected chi connectivity index (χ4v) is 2.32. The van der Waals surface area contributed by atoms with Gasteiger partial charge in [-0.3, -0.25) is 9.69 Å². The molecule has 1 heterocycles. The molecule has 5 nitrogen and oxygen atoms in total. The van der Waals surface area contributed by atoms with Crippen molar-refractivity contribution in [2.45, 2.75) is 32.3 Å². The van der Waals surface area contributed by atoms with E-state index >= 15 is 0 Å². The summed E-state index contributed by atoms with van der Waals surface area (Å²) in [6, 6.07) is 0. The Bertz CT molecular complexity index is 265. The number of aliphatic hydroxyl groups is 1. The maximum absolute atomic E-state index is 11.8. The van der Waals surface area contributed by atoms with Crippen LogP contribution in [0, 0.1) is 0 Å². The Labute approximate surface area is 117 Å². The van der Waals surface area contributed by atoms with Gasteiger partial charge in [-0.1, -0.05) is 13.3 Å². The van der Waals surface area contributed by atoms with E-state index < -0.39 is 6.10 Å². The summed E-state index contributed by atoms with van der Waals surface area (Å²) in [6.07, 6.45) is 2.11. The summed E-state index contributed by atoms with van der Waals surface area (Å²) < 4.78 is 0. The SMILES string of the molecule is CCCCC(=O)N(C)CC(O)CN1CCN(C)CC1. The third-order valence-corrected chi connectivity index (χ3v) is 3.72. The van der Waals surface area contributed by atoms with E-state index in [1.807, 2.05) is 0 Å². The number of hydrogen-bond acceptors (Lipinski definition) is 4. The van der Waals surface area contributed by atoms with Crippen molar-refractivity contribution in [3.8, 4) is 0 Å². The fraction of sp³-hybridized carbons (Fsp3) is 0.929. The first-order valence-corrected chi connectivity index (χ1v) is 7.35. The Kier molecular flexibility index (Phi) is 7.34. The van der Waals surface area contributed by atoms with E-state index in [2.05, 4.69) is 23.8 Å². The molecule has 0 spiro atoms. The quantitative estimate of drug-likeness (QED) is 0.721. The van der Waals surface area contributed by atoms with Crippen LogP contribution >= 0.6 is 0 Å². The molecule has 5 heteroatoms. The highest BCUT2D eigenvalue weighted by molar-refractivity contribution is 5.75. The normalized spacial score (nSPS) is 19.4. The average molecular weight is 271 g/mol. The van der Waals surface area contributed by atoms with Gasteiger partial charge in [0.25, 0.3) is 0 Å². The third-order valence-electron chi connectivity index (χ3n) is 3.72. The van der Waals surface area contributed by atoms with E-state index in [-0.39, 0.29) is 5.91 Å². The highest BCUT2D eigenvalue weighted by Crippen LogP contribution is 2.03. The van der Waals surface area contributed by atoms with Crippen molar-refractivity contribution in [2.24, 2.45) is 0 Å². The Morgan fingerprint density at radius 1 is 1.32 bits per heavy atom.